The number of carbonyl (C=O) groups is 1. The first kappa shape index (κ1) is 21.2. The quantitative estimate of drug-likeness (QED) is 0.539. The topological polar surface area (TPSA) is 115 Å². The lowest BCUT2D eigenvalue weighted by Crippen LogP contribution is -2.38. The zero-order valence-electron chi connectivity index (χ0n) is 18.0. The summed E-state index contributed by atoms with van der Waals surface area (Å²) in [6, 6.07) is 10.3. The maximum absolute atomic E-state index is 12.4. The third kappa shape index (κ3) is 3.96. The summed E-state index contributed by atoms with van der Waals surface area (Å²) in [5.41, 5.74) is 7.43. The second-order valence-corrected chi connectivity index (χ2v) is 6.63. The molecule has 0 bridgehead atoms. The molecule has 0 aliphatic carbocycles. The van der Waals surface area contributed by atoms with Gasteiger partial charge in [0.1, 0.15) is 18.0 Å². The van der Waals surface area contributed by atoms with Crippen molar-refractivity contribution in [3.05, 3.63) is 48.2 Å². The number of rotatable bonds is 8. The van der Waals surface area contributed by atoms with E-state index in [1.165, 1.54) is 24.2 Å². The number of benzene rings is 1. The average molecular weight is 441 g/mol. The van der Waals surface area contributed by atoms with Gasteiger partial charge in [-0.25, -0.2) is 19.5 Å². The van der Waals surface area contributed by atoms with Gasteiger partial charge in [-0.15, -0.1) is 16.2 Å². The Bertz CT molecular complexity index is 1120. The van der Waals surface area contributed by atoms with Crippen LogP contribution in [0, 0.1) is 0 Å². The number of ether oxygens (including phenoxy) is 4. The van der Waals surface area contributed by atoms with E-state index in [1.54, 1.807) is 61.4 Å². The minimum Gasteiger partial charge on any atom is -0.496 e. The van der Waals surface area contributed by atoms with Crippen LogP contribution in [0.1, 0.15) is 5.56 Å². The second kappa shape index (κ2) is 8.99. The van der Waals surface area contributed by atoms with Crippen LogP contribution < -0.4 is 35.0 Å². The number of amides is 2. The van der Waals surface area contributed by atoms with Gasteiger partial charge in [0, 0.05) is 25.4 Å². The molecule has 168 valence electrons. The highest BCUT2D eigenvalue weighted by atomic mass is 16.5. The highest BCUT2D eigenvalue weighted by Gasteiger charge is 2.29. The fourth-order valence-electron chi connectivity index (χ4n) is 3.15. The summed E-state index contributed by atoms with van der Waals surface area (Å²) in [5, 5.41) is 7.14. The number of urea groups is 1. The van der Waals surface area contributed by atoms with E-state index < -0.39 is 0 Å². The lowest BCUT2D eigenvalue weighted by atomic mass is 10.1. The first-order valence-corrected chi connectivity index (χ1v) is 9.58. The molecule has 1 aliphatic rings. The lowest BCUT2D eigenvalue weighted by Gasteiger charge is -2.19. The Labute approximate surface area is 184 Å². The van der Waals surface area contributed by atoms with Crippen LogP contribution in [0.25, 0.3) is 5.69 Å². The Morgan fingerprint density at radius 2 is 1.78 bits per heavy atom. The molecule has 0 unspecified atom stereocenters. The van der Waals surface area contributed by atoms with E-state index >= 15 is 0 Å². The van der Waals surface area contributed by atoms with E-state index in [0.717, 1.165) is 0 Å². The summed E-state index contributed by atoms with van der Waals surface area (Å²) in [6.07, 6.45) is 1.73. The first-order chi connectivity index (χ1) is 15.5. The smallest absolute Gasteiger partial charge is 0.355 e. The minimum absolute atomic E-state index is 0.115. The van der Waals surface area contributed by atoms with Crippen molar-refractivity contribution in [1.82, 2.24) is 30.8 Å². The summed E-state index contributed by atoms with van der Waals surface area (Å²) in [6.45, 7) is 0.115. The van der Waals surface area contributed by atoms with E-state index in [-0.39, 0.29) is 12.6 Å². The number of anilines is 1. The predicted octanol–water partition coefficient (Wildman–Crippen LogP) is 1.67. The molecule has 3 heterocycles. The normalized spacial score (nSPS) is 13.4. The van der Waals surface area contributed by atoms with Crippen molar-refractivity contribution in [1.29, 1.82) is 0 Å². The van der Waals surface area contributed by atoms with Crippen molar-refractivity contribution in [2.45, 2.75) is 6.61 Å². The van der Waals surface area contributed by atoms with Crippen LogP contribution in [0.15, 0.2) is 42.6 Å². The summed E-state index contributed by atoms with van der Waals surface area (Å²) in [7, 11) is 6.23. The van der Waals surface area contributed by atoms with Crippen LogP contribution in [0.3, 0.4) is 0 Å². The first-order valence-electron chi connectivity index (χ1n) is 9.58. The van der Waals surface area contributed by atoms with Gasteiger partial charge >= 0.3 is 6.03 Å². The predicted molar refractivity (Wildman–Crippen MR) is 114 cm³/mol. The number of carbonyl (C=O) groups excluding carboxylic acids is 1. The van der Waals surface area contributed by atoms with Crippen molar-refractivity contribution >= 4 is 11.7 Å². The third-order valence-electron chi connectivity index (χ3n) is 4.77. The van der Waals surface area contributed by atoms with Gasteiger partial charge in [-0.1, -0.05) is 6.07 Å². The van der Waals surface area contributed by atoms with Gasteiger partial charge in [-0.2, -0.15) is 4.98 Å². The van der Waals surface area contributed by atoms with Gasteiger partial charge in [0.2, 0.25) is 17.6 Å². The number of nitrogens with one attached hydrogen (secondary N) is 2. The molecular formula is C20H23N7O5. The summed E-state index contributed by atoms with van der Waals surface area (Å²) in [5.74, 6) is 1.74. The molecule has 12 heteroatoms. The van der Waals surface area contributed by atoms with Crippen LogP contribution in [-0.2, 0) is 6.61 Å². The Kier molecular flexibility index (Phi) is 5.96. The number of nitrogens with zero attached hydrogens (tertiary/aromatic N) is 5. The van der Waals surface area contributed by atoms with Crippen molar-refractivity contribution in [3.63, 3.8) is 0 Å². The summed E-state index contributed by atoms with van der Waals surface area (Å²) >= 11 is 0. The number of methoxy groups -OCH3 is 3. The molecule has 0 saturated carbocycles. The van der Waals surface area contributed by atoms with Gasteiger partial charge in [-0.05, 0) is 18.2 Å². The van der Waals surface area contributed by atoms with Crippen LogP contribution in [-0.4, -0.2) is 54.2 Å². The molecule has 4 rings (SSSR count). The number of aromatic nitrogens is 3. The fourth-order valence-corrected chi connectivity index (χ4v) is 3.15. The monoisotopic (exact) mass is 441 g/mol. The zero-order valence-corrected chi connectivity index (χ0v) is 18.0. The Morgan fingerprint density at radius 3 is 2.47 bits per heavy atom. The van der Waals surface area contributed by atoms with Gasteiger partial charge in [0.25, 0.3) is 0 Å². The third-order valence-corrected chi connectivity index (χ3v) is 4.77. The number of hydrogen-bond acceptors (Lipinski definition) is 9. The maximum atomic E-state index is 12.4. The number of hydrazine groups is 3. The van der Waals surface area contributed by atoms with Gasteiger partial charge < -0.3 is 18.9 Å². The highest BCUT2D eigenvalue weighted by Crippen LogP contribution is 2.31. The molecule has 3 aromatic rings. The highest BCUT2D eigenvalue weighted by molar-refractivity contribution is 5.93. The molecule has 2 amide bonds. The van der Waals surface area contributed by atoms with Crippen LogP contribution in [0.5, 0.6) is 23.4 Å². The molecule has 0 radical (unpaired) electrons. The Balaban J connectivity index is 1.57. The van der Waals surface area contributed by atoms with Gasteiger partial charge in [-0.3, -0.25) is 0 Å². The molecule has 32 heavy (non-hydrogen) atoms. The molecule has 2 N–H and O–H groups in total. The lowest BCUT2D eigenvalue weighted by molar-refractivity contribution is 0.214. The molecule has 0 atom stereocenters. The van der Waals surface area contributed by atoms with Crippen LogP contribution in [0.2, 0.25) is 0 Å². The van der Waals surface area contributed by atoms with E-state index in [9.17, 15) is 4.79 Å². The molecule has 1 aliphatic heterocycles. The van der Waals surface area contributed by atoms with E-state index in [0.29, 0.717) is 40.3 Å². The molecule has 1 fully saturated rings. The summed E-state index contributed by atoms with van der Waals surface area (Å²) < 4.78 is 23.5. The molecule has 2 aromatic heterocycles. The molecule has 0 spiro atoms. The SMILES string of the molecule is COc1ccc(-n2ccc(OCc3c(OC)cccc3N3NNN(C)C3=O)n2)c(OC)n1. The largest absolute Gasteiger partial charge is 0.496 e. The average Bonchev–Trinajstić information content (AvgIpc) is 3.43. The van der Waals surface area contributed by atoms with E-state index in [1.807, 2.05) is 0 Å². The molecule has 12 nitrogen and oxygen atoms in total. The van der Waals surface area contributed by atoms with E-state index in [4.69, 9.17) is 18.9 Å². The fraction of sp³-hybridized carbons (Fsp3) is 0.250. The van der Waals surface area contributed by atoms with Crippen molar-refractivity contribution in [2.75, 3.05) is 33.4 Å². The Morgan fingerprint density at radius 1 is 0.938 bits per heavy atom. The number of pyridine rings is 1. The molecular weight excluding hydrogens is 418 g/mol. The van der Waals surface area contributed by atoms with Crippen molar-refractivity contribution < 1.29 is 23.7 Å². The zero-order chi connectivity index (χ0) is 22.7. The van der Waals surface area contributed by atoms with Crippen molar-refractivity contribution in [2.24, 2.45) is 0 Å². The standard InChI is InChI=1S/C20H23N7O5/c1-25-20(28)27(24-23-25)14-6-5-7-16(29-2)13(14)12-32-18-10-11-26(22-18)15-8-9-17(30-3)21-19(15)31-4/h5-11,23-24H,12H2,1-4H3. The van der Waals surface area contributed by atoms with Crippen LogP contribution >= 0.6 is 0 Å². The van der Waals surface area contributed by atoms with Gasteiger partial charge in [0.15, 0.2) is 0 Å². The minimum atomic E-state index is -0.275. The molecule has 1 saturated heterocycles. The maximum Gasteiger partial charge on any atom is 0.355 e. The number of hydrogen-bond donors (Lipinski definition) is 2. The van der Waals surface area contributed by atoms with E-state index in [2.05, 4.69) is 21.2 Å². The van der Waals surface area contributed by atoms with Crippen LogP contribution in [0.4, 0.5) is 10.5 Å². The van der Waals surface area contributed by atoms with Gasteiger partial charge in [0.05, 0.1) is 32.6 Å². The second-order valence-electron chi connectivity index (χ2n) is 6.63. The molecule has 1 aromatic carbocycles. The van der Waals surface area contributed by atoms with Crippen molar-refractivity contribution in [3.8, 4) is 29.1 Å². The Hall–Kier alpha value is -4.03. The summed E-state index contributed by atoms with van der Waals surface area (Å²) in [4.78, 5) is 16.7.